The number of aromatic nitrogens is 3. The van der Waals surface area contributed by atoms with Gasteiger partial charge in [-0.05, 0) is 37.1 Å². The van der Waals surface area contributed by atoms with Gasteiger partial charge in [-0.1, -0.05) is 12.1 Å². The Kier molecular flexibility index (Phi) is 3.42. The molecule has 2 N–H and O–H groups in total. The Labute approximate surface area is 133 Å². The third-order valence-electron chi connectivity index (χ3n) is 4.17. The summed E-state index contributed by atoms with van der Waals surface area (Å²) in [6.45, 7) is 0.735. The van der Waals surface area contributed by atoms with Crippen LogP contribution >= 0.6 is 0 Å². The monoisotopic (exact) mass is 307 g/mol. The number of aromatic amines is 1. The second-order valence-electron chi connectivity index (χ2n) is 5.66. The van der Waals surface area contributed by atoms with Gasteiger partial charge in [0, 0.05) is 24.6 Å². The van der Waals surface area contributed by atoms with Gasteiger partial charge in [-0.15, -0.1) is 0 Å². The lowest BCUT2D eigenvalue weighted by molar-refractivity contribution is 0.205. The predicted molar refractivity (Wildman–Crippen MR) is 88.0 cm³/mol. The van der Waals surface area contributed by atoms with Crippen LogP contribution in [0.15, 0.2) is 48.8 Å². The molecule has 116 valence electrons. The van der Waals surface area contributed by atoms with Gasteiger partial charge in [-0.2, -0.15) is 0 Å². The van der Waals surface area contributed by atoms with Gasteiger partial charge in [-0.25, -0.2) is 9.78 Å². The van der Waals surface area contributed by atoms with Gasteiger partial charge >= 0.3 is 6.03 Å². The highest BCUT2D eigenvalue weighted by atomic mass is 16.2. The lowest BCUT2D eigenvalue weighted by Crippen LogP contribution is -2.34. The van der Waals surface area contributed by atoms with Gasteiger partial charge in [0.15, 0.2) is 0 Å². The molecule has 1 aromatic carbocycles. The van der Waals surface area contributed by atoms with E-state index in [4.69, 9.17) is 0 Å². The fraction of sp³-hybridized carbons (Fsp3) is 0.235. The van der Waals surface area contributed by atoms with Gasteiger partial charge in [-0.3, -0.25) is 4.98 Å². The third kappa shape index (κ3) is 2.63. The highest BCUT2D eigenvalue weighted by Crippen LogP contribution is 2.31. The number of para-hydroxylation sites is 2. The van der Waals surface area contributed by atoms with Crippen LogP contribution in [0, 0.1) is 0 Å². The van der Waals surface area contributed by atoms with Crippen molar-refractivity contribution < 1.29 is 4.79 Å². The topological polar surface area (TPSA) is 73.9 Å². The lowest BCUT2D eigenvalue weighted by Gasteiger charge is -2.23. The van der Waals surface area contributed by atoms with Crippen molar-refractivity contribution in [3.63, 3.8) is 0 Å². The zero-order chi connectivity index (χ0) is 15.6. The first-order chi connectivity index (χ1) is 11.3. The van der Waals surface area contributed by atoms with Crippen LogP contribution < -0.4 is 5.32 Å². The van der Waals surface area contributed by atoms with Gasteiger partial charge < -0.3 is 15.2 Å². The van der Waals surface area contributed by atoms with E-state index in [2.05, 4.69) is 20.3 Å². The van der Waals surface area contributed by atoms with Crippen molar-refractivity contribution >= 4 is 22.8 Å². The van der Waals surface area contributed by atoms with Crippen molar-refractivity contribution in [2.45, 2.75) is 18.9 Å². The number of anilines is 1. The van der Waals surface area contributed by atoms with E-state index in [0.29, 0.717) is 0 Å². The molecule has 1 atom stereocenters. The number of imidazole rings is 1. The number of hydrogen-bond acceptors (Lipinski definition) is 3. The average Bonchev–Trinajstić information content (AvgIpc) is 3.22. The van der Waals surface area contributed by atoms with Gasteiger partial charge in [0.2, 0.25) is 0 Å². The molecule has 1 aliphatic rings. The first-order valence-corrected chi connectivity index (χ1v) is 7.73. The summed E-state index contributed by atoms with van der Waals surface area (Å²) in [7, 11) is 0. The number of rotatable bonds is 2. The number of H-pyrrole nitrogens is 1. The van der Waals surface area contributed by atoms with E-state index >= 15 is 0 Å². The average molecular weight is 307 g/mol. The minimum atomic E-state index is -0.0980. The number of likely N-dealkylation sites (tertiary alicyclic amines) is 1. The van der Waals surface area contributed by atoms with Crippen LogP contribution in [0.2, 0.25) is 0 Å². The molecule has 0 radical (unpaired) electrons. The zero-order valence-electron chi connectivity index (χ0n) is 12.6. The van der Waals surface area contributed by atoms with E-state index in [1.54, 1.807) is 24.5 Å². The fourth-order valence-corrected chi connectivity index (χ4v) is 3.05. The molecule has 4 rings (SSSR count). The molecule has 1 fully saturated rings. The Balaban J connectivity index is 1.57. The molecule has 1 saturated heterocycles. The summed E-state index contributed by atoms with van der Waals surface area (Å²) in [5.41, 5.74) is 2.69. The summed E-state index contributed by atoms with van der Waals surface area (Å²) in [5, 5.41) is 2.92. The molecular formula is C17H17N5O. The summed E-state index contributed by atoms with van der Waals surface area (Å²) < 4.78 is 0. The smallest absolute Gasteiger partial charge is 0.322 e. The van der Waals surface area contributed by atoms with Crippen LogP contribution in [0.5, 0.6) is 0 Å². The number of urea groups is 1. The Morgan fingerprint density at radius 3 is 2.87 bits per heavy atom. The largest absolute Gasteiger partial charge is 0.340 e. The van der Waals surface area contributed by atoms with Crippen molar-refractivity contribution in [2.24, 2.45) is 0 Å². The molecule has 1 aliphatic heterocycles. The maximum Gasteiger partial charge on any atom is 0.322 e. The number of amides is 2. The maximum atomic E-state index is 12.6. The molecule has 2 amide bonds. The minimum absolute atomic E-state index is 0.00997. The Morgan fingerprint density at radius 2 is 2.04 bits per heavy atom. The molecule has 0 spiro atoms. The number of benzene rings is 1. The van der Waals surface area contributed by atoms with Crippen LogP contribution in [0.25, 0.3) is 11.0 Å². The van der Waals surface area contributed by atoms with E-state index in [1.165, 1.54) is 0 Å². The van der Waals surface area contributed by atoms with E-state index in [1.807, 2.05) is 29.2 Å². The van der Waals surface area contributed by atoms with Crippen LogP contribution in [0.1, 0.15) is 24.7 Å². The fourth-order valence-electron chi connectivity index (χ4n) is 3.05. The molecule has 6 heteroatoms. The quantitative estimate of drug-likeness (QED) is 0.762. The highest BCUT2D eigenvalue weighted by molar-refractivity contribution is 5.89. The van der Waals surface area contributed by atoms with E-state index in [9.17, 15) is 4.79 Å². The number of nitrogens with zero attached hydrogens (tertiary/aromatic N) is 3. The second-order valence-corrected chi connectivity index (χ2v) is 5.66. The SMILES string of the molecule is O=C(Nc1ccncc1)N1CCCC1c1nc2ccccc2[nH]1. The highest BCUT2D eigenvalue weighted by Gasteiger charge is 2.32. The number of hydrogen-bond donors (Lipinski definition) is 2. The van der Waals surface area contributed by atoms with Gasteiger partial charge in [0.25, 0.3) is 0 Å². The van der Waals surface area contributed by atoms with Gasteiger partial charge in [0.1, 0.15) is 5.82 Å². The summed E-state index contributed by atoms with van der Waals surface area (Å²) in [6.07, 6.45) is 5.22. The van der Waals surface area contributed by atoms with Gasteiger partial charge in [0.05, 0.1) is 17.1 Å². The summed E-state index contributed by atoms with van der Waals surface area (Å²) in [5.74, 6) is 0.855. The van der Waals surface area contributed by atoms with Crippen LogP contribution in [-0.4, -0.2) is 32.4 Å². The molecule has 6 nitrogen and oxygen atoms in total. The van der Waals surface area contributed by atoms with E-state index in [0.717, 1.165) is 41.9 Å². The first-order valence-electron chi connectivity index (χ1n) is 7.73. The summed E-state index contributed by atoms with van der Waals surface area (Å²) in [6, 6.07) is 11.4. The molecule has 3 heterocycles. The van der Waals surface area contributed by atoms with Crippen molar-refractivity contribution in [3.8, 4) is 0 Å². The molecule has 2 aromatic heterocycles. The van der Waals surface area contributed by atoms with Crippen molar-refractivity contribution in [1.29, 1.82) is 0 Å². The molecule has 3 aromatic rings. The number of carbonyl (C=O) groups is 1. The summed E-state index contributed by atoms with van der Waals surface area (Å²) in [4.78, 5) is 26.4. The third-order valence-corrected chi connectivity index (χ3v) is 4.17. The van der Waals surface area contributed by atoms with E-state index < -0.39 is 0 Å². The first kappa shape index (κ1) is 13.8. The normalized spacial score (nSPS) is 17.6. The van der Waals surface area contributed by atoms with E-state index in [-0.39, 0.29) is 12.1 Å². The summed E-state index contributed by atoms with van der Waals surface area (Å²) >= 11 is 0. The Morgan fingerprint density at radius 1 is 1.22 bits per heavy atom. The molecular weight excluding hydrogens is 290 g/mol. The van der Waals surface area contributed by atoms with Crippen molar-refractivity contribution in [1.82, 2.24) is 19.9 Å². The Hall–Kier alpha value is -2.89. The number of fused-ring (bicyclic) bond motifs is 1. The predicted octanol–water partition coefficient (Wildman–Crippen LogP) is 3.33. The number of nitrogens with one attached hydrogen (secondary N) is 2. The molecule has 0 bridgehead atoms. The van der Waals surface area contributed by atoms with Crippen molar-refractivity contribution in [3.05, 3.63) is 54.6 Å². The van der Waals surface area contributed by atoms with Crippen molar-refractivity contribution in [2.75, 3.05) is 11.9 Å². The second kappa shape index (κ2) is 5.72. The standard InChI is InChI=1S/C17H17N5O/c23-17(19-12-7-9-18-10-8-12)22-11-3-6-15(22)16-20-13-4-1-2-5-14(13)21-16/h1-2,4-5,7-10,15H,3,6,11H2,(H,20,21)(H,18,19,23). The molecule has 1 unspecified atom stereocenters. The van der Waals surface area contributed by atoms with Crippen LogP contribution in [0.3, 0.4) is 0 Å². The van der Waals surface area contributed by atoms with Crippen LogP contribution in [-0.2, 0) is 0 Å². The zero-order valence-corrected chi connectivity index (χ0v) is 12.6. The number of pyridine rings is 1. The minimum Gasteiger partial charge on any atom is -0.340 e. The maximum absolute atomic E-state index is 12.6. The lowest BCUT2D eigenvalue weighted by atomic mass is 10.2. The molecule has 23 heavy (non-hydrogen) atoms. The van der Waals surface area contributed by atoms with Crippen LogP contribution in [0.4, 0.5) is 10.5 Å². The number of carbonyl (C=O) groups excluding carboxylic acids is 1. The molecule has 0 saturated carbocycles. The molecule has 0 aliphatic carbocycles. The Bertz CT molecular complexity index is 796.